The SMILES string of the molecule is CCC(=O)CN1C(=O)CN(C2CC2)C1=O. The summed E-state index contributed by atoms with van der Waals surface area (Å²) in [6.07, 6.45) is 2.32. The van der Waals surface area contributed by atoms with E-state index in [1.165, 1.54) is 0 Å². The average Bonchev–Trinajstić information content (AvgIpc) is 3.00. The van der Waals surface area contributed by atoms with Gasteiger partial charge in [0, 0.05) is 12.5 Å². The molecule has 0 aromatic heterocycles. The van der Waals surface area contributed by atoms with Gasteiger partial charge >= 0.3 is 6.03 Å². The fourth-order valence-electron chi connectivity index (χ4n) is 1.68. The van der Waals surface area contributed by atoms with Gasteiger partial charge in [0.1, 0.15) is 6.54 Å². The van der Waals surface area contributed by atoms with Crippen LogP contribution in [0.5, 0.6) is 0 Å². The lowest BCUT2D eigenvalue weighted by Gasteiger charge is -2.15. The van der Waals surface area contributed by atoms with E-state index in [1.807, 2.05) is 0 Å². The Morgan fingerprint density at radius 1 is 1.40 bits per heavy atom. The first-order valence-electron chi connectivity index (χ1n) is 5.26. The normalized spacial score (nSPS) is 21.4. The molecule has 3 amide bonds. The van der Waals surface area contributed by atoms with Crippen LogP contribution in [-0.2, 0) is 9.59 Å². The predicted molar refractivity (Wildman–Crippen MR) is 52.1 cm³/mol. The van der Waals surface area contributed by atoms with Crippen molar-refractivity contribution in [2.24, 2.45) is 0 Å². The molecule has 0 bridgehead atoms. The minimum Gasteiger partial charge on any atom is -0.312 e. The van der Waals surface area contributed by atoms with Gasteiger partial charge in [-0.05, 0) is 12.8 Å². The summed E-state index contributed by atoms with van der Waals surface area (Å²) in [6.45, 7) is 1.82. The Morgan fingerprint density at radius 3 is 2.60 bits per heavy atom. The number of nitrogens with zero attached hydrogens (tertiary/aromatic N) is 2. The van der Waals surface area contributed by atoms with Crippen LogP contribution < -0.4 is 0 Å². The molecule has 2 aliphatic rings. The van der Waals surface area contributed by atoms with E-state index >= 15 is 0 Å². The average molecular weight is 210 g/mol. The van der Waals surface area contributed by atoms with Crippen molar-refractivity contribution in [2.75, 3.05) is 13.1 Å². The Bertz CT molecular complexity index is 323. The van der Waals surface area contributed by atoms with Crippen molar-refractivity contribution >= 4 is 17.7 Å². The minimum absolute atomic E-state index is 0.0581. The fourth-order valence-corrected chi connectivity index (χ4v) is 1.68. The summed E-state index contributed by atoms with van der Waals surface area (Å²) in [4.78, 5) is 37.1. The molecular weight excluding hydrogens is 196 g/mol. The molecule has 1 aliphatic carbocycles. The third-order valence-electron chi connectivity index (χ3n) is 2.80. The van der Waals surface area contributed by atoms with Crippen molar-refractivity contribution in [3.63, 3.8) is 0 Å². The Kier molecular flexibility index (Phi) is 2.46. The molecule has 0 aromatic carbocycles. The van der Waals surface area contributed by atoms with E-state index in [9.17, 15) is 14.4 Å². The van der Waals surface area contributed by atoms with Crippen LogP contribution in [0, 0.1) is 0 Å². The highest BCUT2D eigenvalue weighted by molar-refractivity contribution is 6.05. The molecule has 5 nitrogen and oxygen atoms in total. The Labute approximate surface area is 88.0 Å². The van der Waals surface area contributed by atoms with Gasteiger partial charge in [0.25, 0.3) is 5.91 Å². The van der Waals surface area contributed by atoms with Crippen LogP contribution in [0.3, 0.4) is 0 Å². The van der Waals surface area contributed by atoms with Crippen molar-refractivity contribution in [3.05, 3.63) is 0 Å². The Balaban J connectivity index is 2.02. The maximum absolute atomic E-state index is 11.7. The molecular formula is C10H14N2O3. The monoisotopic (exact) mass is 210 g/mol. The summed E-state index contributed by atoms with van der Waals surface area (Å²) < 4.78 is 0. The molecule has 2 rings (SSSR count). The number of carbonyl (C=O) groups excluding carboxylic acids is 3. The van der Waals surface area contributed by atoms with Crippen molar-refractivity contribution in [2.45, 2.75) is 32.2 Å². The highest BCUT2D eigenvalue weighted by Crippen LogP contribution is 2.30. The molecule has 1 aliphatic heterocycles. The molecule has 1 heterocycles. The second kappa shape index (κ2) is 3.64. The van der Waals surface area contributed by atoms with Crippen LogP contribution in [0.2, 0.25) is 0 Å². The first-order valence-corrected chi connectivity index (χ1v) is 5.26. The number of ketones is 1. The zero-order chi connectivity index (χ0) is 11.0. The molecule has 5 heteroatoms. The van der Waals surface area contributed by atoms with Gasteiger partial charge in [-0.15, -0.1) is 0 Å². The van der Waals surface area contributed by atoms with Crippen LogP contribution in [0.15, 0.2) is 0 Å². The molecule has 15 heavy (non-hydrogen) atoms. The van der Waals surface area contributed by atoms with Gasteiger partial charge in [-0.1, -0.05) is 6.92 Å². The molecule has 1 saturated heterocycles. The second-order valence-corrected chi connectivity index (χ2v) is 4.01. The quantitative estimate of drug-likeness (QED) is 0.631. The van der Waals surface area contributed by atoms with E-state index in [-0.39, 0.29) is 36.9 Å². The molecule has 2 fully saturated rings. The Hall–Kier alpha value is -1.39. The van der Waals surface area contributed by atoms with Crippen LogP contribution in [0.1, 0.15) is 26.2 Å². The maximum atomic E-state index is 11.7. The number of hydrogen-bond donors (Lipinski definition) is 0. The lowest BCUT2D eigenvalue weighted by molar-refractivity contribution is -0.129. The van der Waals surface area contributed by atoms with E-state index in [4.69, 9.17) is 0 Å². The largest absolute Gasteiger partial charge is 0.327 e. The van der Waals surface area contributed by atoms with Crippen LogP contribution in [-0.4, -0.2) is 46.7 Å². The number of rotatable bonds is 4. The van der Waals surface area contributed by atoms with Crippen molar-refractivity contribution in [1.82, 2.24) is 9.80 Å². The van der Waals surface area contributed by atoms with E-state index in [2.05, 4.69) is 0 Å². The third kappa shape index (κ3) is 1.86. The standard InChI is InChI=1S/C10H14N2O3/c1-2-8(13)5-12-9(14)6-11(10(12)15)7-3-4-7/h7H,2-6H2,1H3. The zero-order valence-corrected chi connectivity index (χ0v) is 8.73. The topological polar surface area (TPSA) is 57.7 Å². The number of amides is 3. The molecule has 0 radical (unpaired) electrons. The highest BCUT2D eigenvalue weighted by atomic mass is 16.2. The lowest BCUT2D eigenvalue weighted by atomic mass is 10.3. The van der Waals surface area contributed by atoms with Gasteiger partial charge in [0.15, 0.2) is 5.78 Å². The van der Waals surface area contributed by atoms with Crippen LogP contribution in [0.4, 0.5) is 4.79 Å². The van der Waals surface area contributed by atoms with Crippen LogP contribution in [0.25, 0.3) is 0 Å². The molecule has 0 unspecified atom stereocenters. The summed E-state index contributed by atoms with van der Waals surface area (Å²) in [6, 6.07) is -0.0486. The number of imide groups is 1. The molecule has 82 valence electrons. The summed E-state index contributed by atoms with van der Waals surface area (Å²) >= 11 is 0. The van der Waals surface area contributed by atoms with Crippen molar-refractivity contribution in [1.29, 1.82) is 0 Å². The minimum atomic E-state index is -0.288. The first kappa shape index (κ1) is 10.1. The zero-order valence-electron chi connectivity index (χ0n) is 8.73. The van der Waals surface area contributed by atoms with Crippen LogP contribution >= 0.6 is 0 Å². The van der Waals surface area contributed by atoms with E-state index in [0.29, 0.717) is 6.42 Å². The summed E-state index contributed by atoms with van der Waals surface area (Å²) in [5.41, 5.74) is 0. The summed E-state index contributed by atoms with van der Waals surface area (Å²) in [7, 11) is 0. The highest BCUT2D eigenvalue weighted by Gasteiger charge is 2.43. The van der Waals surface area contributed by atoms with Gasteiger partial charge in [-0.3, -0.25) is 14.5 Å². The van der Waals surface area contributed by atoms with Gasteiger partial charge in [0.05, 0.1) is 6.54 Å². The maximum Gasteiger partial charge on any atom is 0.327 e. The Morgan fingerprint density at radius 2 is 2.07 bits per heavy atom. The van der Waals surface area contributed by atoms with E-state index in [1.54, 1.807) is 11.8 Å². The molecule has 1 saturated carbocycles. The van der Waals surface area contributed by atoms with Gasteiger partial charge in [-0.25, -0.2) is 4.79 Å². The molecule has 0 aromatic rings. The number of hydrogen-bond acceptors (Lipinski definition) is 3. The van der Waals surface area contributed by atoms with Gasteiger partial charge in [-0.2, -0.15) is 0 Å². The number of urea groups is 1. The van der Waals surface area contributed by atoms with Crippen molar-refractivity contribution in [3.8, 4) is 0 Å². The van der Waals surface area contributed by atoms with E-state index < -0.39 is 0 Å². The number of Topliss-reactive ketones (excluding diaryl/α,β-unsaturated/α-hetero) is 1. The summed E-state index contributed by atoms with van der Waals surface area (Å²) in [5.74, 6) is -0.317. The third-order valence-corrected chi connectivity index (χ3v) is 2.80. The smallest absolute Gasteiger partial charge is 0.312 e. The van der Waals surface area contributed by atoms with E-state index in [0.717, 1.165) is 17.7 Å². The van der Waals surface area contributed by atoms with Gasteiger partial charge < -0.3 is 4.90 Å². The summed E-state index contributed by atoms with van der Waals surface area (Å²) in [5, 5.41) is 0. The fraction of sp³-hybridized carbons (Fsp3) is 0.700. The molecule has 0 N–H and O–H groups in total. The predicted octanol–water partition coefficient (Wildman–Crippen LogP) is 0.392. The number of carbonyl (C=O) groups is 3. The lowest BCUT2D eigenvalue weighted by Crippen LogP contribution is -2.37. The second-order valence-electron chi connectivity index (χ2n) is 4.01. The van der Waals surface area contributed by atoms with Gasteiger partial charge in [0.2, 0.25) is 0 Å². The first-order chi connectivity index (χ1) is 7.13. The van der Waals surface area contributed by atoms with Crippen molar-refractivity contribution < 1.29 is 14.4 Å². The molecule has 0 atom stereocenters. The molecule has 0 spiro atoms.